The molecule has 3 heteroatoms. The number of benzene rings is 3. The Labute approximate surface area is 157 Å². The van der Waals surface area contributed by atoms with Gasteiger partial charge in [0.2, 0.25) is 0 Å². The first-order valence-corrected chi connectivity index (χ1v) is 9.70. The van der Waals surface area contributed by atoms with Gasteiger partial charge in [-0.15, -0.1) is 0 Å². The quantitative estimate of drug-likeness (QED) is 0.670. The Morgan fingerprint density at radius 3 is 1.69 bits per heavy atom. The number of carbonyl (C=O) groups is 1. The summed E-state index contributed by atoms with van der Waals surface area (Å²) in [5.41, 5.74) is 3.85. The first-order valence-electron chi connectivity index (χ1n) is 8.70. The maximum Gasteiger partial charge on any atom is 0.303 e. The van der Waals surface area contributed by atoms with Gasteiger partial charge in [-0.05, 0) is 47.6 Å². The second-order valence-electron chi connectivity index (χ2n) is 6.13. The summed E-state index contributed by atoms with van der Waals surface area (Å²) in [4.78, 5) is 10.2. The van der Waals surface area contributed by atoms with Gasteiger partial charge in [0.25, 0.3) is 0 Å². The van der Waals surface area contributed by atoms with E-state index < -0.39 is 5.97 Å². The lowest BCUT2D eigenvalue weighted by atomic mass is 10.1. The van der Waals surface area contributed by atoms with Gasteiger partial charge in [-0.1, -0.05) is 87.4 Å². The van der Waals surface area contributed by atoms with Gasteiger partial charge in [0.1, 0.15) is 0 Å². The molecule has 3 rings (SSSR count). The number of hydrogen-bond acceptors (Lipinski definition) is 1. The van der Waals surface area contributed by atoms with Crippen molar-refractivity contribution in [3.05, 3.63) is 95.6 Å². The van der Waals surface area contributed by atoms with Crippen molar-refractivity contribution in [2.45, 2.75) is 26.7 Å². The van der Waals surface area contributed by atoms with E-state index in [1.807, 2.05) is 30.3 Å². The molecular weight excluding hydrogens is 339 g/mol. The van der Waals surface area contributed by atoms with Crippen LogP contribution in [0, 0.1) is 13.8 Å². The third-order valence-electron chi connectivity index (χ3n) is 4.03. The summed E-state index contributed by atoms with van der Waals surface area (Å²) in [7, 11) is 0.774. The lowest BCUT2D eigenvalue weighted by molar-refractivity contribution is -0.136. The van der Waals surface area contributed by atoms with Gasteiger partial charge in [-0.3, -0.25) is 4.79 Å². The molecule has 0 unspecified atom stereocenters. The van der Waals surface area contributed by atoms with Crippen LogP contribution in [0.1, 0.15) is 23.1 Å². The summed E-state index contributed by atoms with van der Waals surface area (Å²) >= 11 is 0. The van der Waals surface area contributed by atoms with Gasteiger partial charge in [-0.2, -0.15) is 0 Å². The minimum absolute atomic E-state index is 0.212. The number of carboxylic acid groups (broad SMARTS) is 1. The van der Waals surface area contributed by atoms with E-state index in [4.69, 9.17) is 5.11 Å². The summed E-state index contributed by atoms with van der Waals surface area (Å²) in [5, 5.41) is 11.3. The van der Waals surface area contributed by atoms with Crippen molar-refractivity contribution in [1.29, 1.82) is 0 Å². The maximum atomic E-state index is 10.2. The van der Waals surface area contributed by atoms with Gasteiger partial charge in [0.05, 0.1) is 0 Å². The summed E-state index contributed by atoms with van der Waals surface area (Å²) < 4.78 is 0. The summed E-state index contributed by atoms with van der Waals surface area (Å²) in [5.74, 6) is -0.742. The third-order valence-corrected chi connectivity index (χ3v) is 5.69. The average Bonchev–Trinajstić information content (AvgIpc) is 2.65. The van der Waals surface area contributed by atoms with E-state index in [1.165, 1.54) is 21.7 Å². The topological polar surface area (TPSA) is 37.3 Å². The standard InChI is InChI=1S/C14H15P.C9H10O2/c1-11-7-3-5-9-13(11)15-14-10-6-4-8-12(14)2;10-9(11)7-6-8-4-2-1-3-5-8/h3-10,15H,1-2H3;1-5H,6-7H2,(H,10,11). The van der Waals surface area contributed by atoms with Crippen LogP contribution >= 0.6 is 8.58 Å². The van der Waals surface area contributed by atoms with E-state index in [2.05, 4.69) is 62.4 Å². The van der Waals surface area contributed by atoms with E-state index in [-0.39, 0.29) is 6.42 Å². The Balaban J connectivity index is 0.000000197. The normalized spacial score (nSPS) is 9.92. The fraction of sp³-hybridized carbons (Fsp3) is 0.174. The molecule has 1 N–H and O–H groups in total. The monoisotopic (exact) mass is 364 g/mol. The zero-order chi connectivity index (χ0) is 18.8. The van der Waals surface area contributed by atoms with Gasteiger partial charge < -0.3 is 5.11 Å². The third kappa shape index (κ3) is 6.82. The minimum Gasteiger partial charge on any atom is -0.481 e. The number of aryl methyl sites for hydroxylation is 3. The molecule has 0 saturated heterocycles. The molecule has 26 heavy (non-hydrogen) atoms. The molecule has 3 aromatic carbocycles. The van der Waals surface area contributed by atoms with E-state index >= 15 is 0 Å². The second kappa shape index (κ2) is 10.5. The molecule has 134 valence electrons. The van der Waals surface area contributed by atoms with Gasteiger partial charge in [-0.25, -0.2) is 0 Å². The Kier molecular flexibility index (Phi) is 8.05. The molecule has 0 aliphatic heterocycles. The summed E-state index contributed by atoms with van der Waals surface area (Å²) in [6, 6.07) is 26.9. The van der Waals surface area contributed by atoms with Crippen molar-refractivity contribution in [2.24, 2.45) is 0 Å². The maximum absolute atomic E-state index is 10.2. The lowest BCUT2D eigenvalue weighted by Gasteiger charge is -2.08. The van der Waals surface area contributed by atoms with Crippen molar-refractivity contribution in [2.75, 3.05) is 0 Å². The van der Waals surface area contributed by atoms with Crippen LogP contribution in [0.3, 0.4) is 0 Å². The van der Waals surface area contributed by atoms with Gasteiger partial charge >= 0.3 is 5.97 Å². The van der Waals surface area contributed by atoms with Crippen LogP contribution in [0.25, 0.3) is 0 Å². The average molecular weight is 364 g/mol. The van der Waals surface area contributed by atoms with E-state index in [0.29, 0.717) is 6.42 Å². The molecule has 0 radical (unpaired) electrons. The SMILES string of the molecule is Cc1ccccc1Pc1ccccc1C.O=C(O)CCc1ccccc1. The molecule has 0 aromatic heterocycles. The predicted molar refractivity (Wildman–Crippen MR) is 112 cm³/mol. The Morgan fingerprint density at radius 1 is 0.769 bits per heavy atom. The molecular formula is C23H25O2P. The largest absolute Gasteiger partial charge is 0.481 e. The van der Waals surface area contributed by atoms with Crippen molar-refractivity contribution in [3.63, 3.8) is 0 Å². The fourth-order valence-electron chi connectivity index (χ4n) is 2.47. The van der Waals surface area contributed by atoms with Crippen molar-refractivity contribution < 1.29 is 9.90 Å². The number of hydrogen-bond donors (Lipinski definition) is 1. The molecule has 0 aliphatic carbocycles. The molecule has 0 bridgehead atoms. The highest BCUT2D eigenvalue weighted by molar-refractivity contribution is 7.55. The van der Waals surface area contributed by atoms with Crippen LogP contribution in [0.4, 0.5) is 0 Å². The van der Waals surface area contributed by atoms with Gasteiger partial charge in [0.15, 0.2) is 0 Å². The van der Waals surface area contributed by atoms with E-state index in [1.54, 1.807) is 0 Å². The smallest absolute Gasteiger partial charge is 0.303 e. The number of rotatable bonds is 5. The first-order chi connectivity index (χ1) is 12.6. The van der Waals surface area contributed by atoms with Crippen LogP contribution in [-0.2, 0) is 11.2 Å². The van der Waals surface area contributed by atoms with Gasteiger partial charge in [0, 0.05) is 6.42 Å². The molecule has 3 aromatic rings. The van der Waals surface area contributed by atoms with E-state index in [9.17, 15) is 4.79 Å². The van der Waals surface area contributed by atoms with Crippen LogP contribution < -0.4 is 10.6 Å². The summed E-state index contributed by atoms with van der Waals surface area (Å²) in [6.07, 6.45) is 0.834. The highest BCUT2D eigenvalue weighted by Gasteiger charge is 2.01. The molecule has 0 atom stereocenters. The molecule has 0 spiro atoms. The minimum atomic E-state index is -0.742. The van der Waals surface area contributed by atoms with Crippen LogP contribution in [0.5, 0.6) is 0 Å². The first kappa shape index (κ1) is 19.9. The van der Waals surface area contributed by atoms with Crippen LogP contribution in [-0.4, -0.2) is 11.1 Å². The van der Waals surface area contributed by atoms with Crippen LogP contribution in [0.15, 0.2) is 78.9 Å². The molecule has 0 heterocycles. The Bertz CT molecular complexity index is 785. The highest BCUT2D eigenvalue weighted by Crippen LogP contribution is 2.15. The lowest BCUT2D eigenvalue weighted by Crippen LogP contribution is -2.08. The number of aliphatic carboxylic acids is 1. The summed E-state index contributed by atoms with van der Waals surface area (Å²) in [6.45, 7) is 4.36. The highest BCUT2D eigenvalue weighted by atomic mass is 31.1. The second-order valence-corrected chi connectivity index (χ2v) is 7.46. The van der Waals surface area contributed by atoms with E-state index in [0.717, 1.165) is 14.1 Å². The van der Waals surface area contributed by atoms with Crippen molar-refractivity contribution in [3.8, 4) is 0 Å². The molecule has 2 nitrogen and oxygen atoms in total. The zero-order valence-corrected chi connectivity index (χ0v) is 16.3. The Hall–Kier alpha value is -2.44. The molecule has 0 aliphatic rings. The van der Waals surface area contributed by atoms with Crippen molar-refractivity contribution >= 4 is 25.2 Å². The van der Waals surface area contributed by atoms with Crippen LogP contribution in [0.2, 0.25) is 0 Å². The number of carboxylic acids is 1. The Morgan fingerprint density at radius 2 is 1.23 bits per heavy atom. The van der Waals surface area contributed by atoms with Crippen molar-refractivity contribution in [1.82, 2.24) is 0 Å². The fourth-order valence-corrected chi connectivity index (χ4v) is 3.68. The molecule has 0 amide bonds. The predicted octanol–water partition coefficient (Wildman–Crippen LogP) is 4.64. The molecule has 0 saturated carbocycles. The molecule has 0 fully saturated rings. The zero-order valence-electron chi connectivity index (χ0n) is 15.3.